The van der Waals surface area contributed by atoms with Crippen LogP contribution >= 0.6 is 0 Å². The van der Waals surface area contributed by atoms with Gasteiger partial charge in [0.05, 0.1) is 6.54 Å². The van der Waals surface area contributed by atoms with E-state index in [2.05, 4.69) is 10.3 Å². The van der Waals surface area contributed by atoms with Crippen molar-refractivity contribution in [2.45, 2.75) is 6.54 Å². The Morgan fingerprint density at radius 3 is 3.08 bits per heavy atom. The summed E-state index contributed by atoms with van der Waals surface area (Å²) >= 11 is 0. The van der Waals surface area contributed by atoms with Crippen LogP contribution in [0.5, 0.6) is 0 Å². The molecule has 0 bridgehead atoms. The van der Waals surface area contributed by atoms with Crippen LogP contribution in [0, 0.1) is 0 Å². The second-order valence-electron chi connectivity index (χ2n) is 2.43. The molecule has 0 spiro atoms. The van der Waals surface area contributed by atoms with Gasteiger partial charge in [-0.25, -0.2) is 0 Å². The maximum Gasteiger partial charge on any atom is 0.231 e. The van der Waals surface area contributed by atoms with Crippen LogP contribution in [-0.2, 0) is 11.3 Å². The zero-order chi connectivity index (χ0) is 8.81. The lowest BCUT2D eigenvalue weighted by Gasteiger charge is -2.00. The van der Waals surface area contributed by atoms with Gasteiger partial charge in [0, 0.05) is 18.9 Å². The number of pyridine rings is 1. The molecule has 4 nitrogen and oxygen atoms in total. The van der Waals surface area contributed by atoms with E-state index in [-0.39, 0.29) is 12.5 Å². The first kappa shape index (κ1) is 8.67. The van der Waals surface area contributed by atoms with E-state index in [4.69, 9.17) is 5.73 Å². The molecule has 4 heteroatoms. The third-order valence-electron chi connectivity index (χ3n) is 1.35. The Bertz CT molecular complexity index is 248. The van der Waals surface area contributed by atoms with Gasteiger partial charge in [0.2, 0.25) is 5.91 Å². The van der Waals surface area contributed by atoms with E-state index in [1.807, 2.05) is 12.1 Å². The third kappa shape index (κ3) is 3.12. The Morgan fingerprint density at radius 1 is 1.67 bits per heavy atom. The number of carbonyl (C=O) groups is 1. The van der Waals surface area contributed by atoms with Gasteiger partial charge in [-0.15, -0.1) is 0 Å². The van der Waals surface area contributed by atoms with Crippen molar-refractivity contribution in [3.05, 3.63) is 30.1 Å². The molecule has 12 heavy (non-hydrogen) atoms. The van der Waals surface area contributed by atoms with Gasteiger partial charge in [0.1, 0.15) is 0 Å². The van der Waals surface area contributed by atoms with E-state index < -0.39 is 0 Å². The van der Waals surface area contributed by atoms with Gasteiger partial charge < -0.3 is 11.1 Å². The first-order valence-electron chi connectivity index (χ1n) is 3.67. The number of nitrogens with one attached hydrogen (secondary N) is 1. The largest absolute Gasteiger partial charge is 0.369 e. The number of primary amides is 1. The van der Waals surface area contributed by atoms with Gasteiger partial charge in [-0.1, -0.05) is 6.07 Å². The fourth-order valence-electron chi connectivity index (χ4n) is 0.833. The Labute approximate surface area is 70.8 Å². The molecule has 0 radical (unpaired) electrons. The van der Waals surface area contributed by atoms with Crippen molar-refractivity contribution in [2.24, 2.45) is 5.73 Å². The summed E-state index contributed by atoms with van der Waals surface area (Å²) in [7, 11) is 0. The van der Waals surface area contributed by atoms with Crippen LogP contribution in [0.2, 0.25) is 0 Å². The first-order chi connectivity index (χ1) is 5.79. The van der Waals surface area contributed by atoms with Crippen molar-refractivity contribution >= 4 is 5.91 Å². The number of aromatic nitrogens is 1. The fraction of sp³-hybridized carbons (Fsp3) is 0.250. The lowest BCUT2D eigenvalue weighted by molar-refractivity contribution is -0.117. The van der Waals surface area contributed by atoms with Crippen LogP contribution < -0.4 is 11.1 Å². The molecule has 0 aromatic carbocycles. The van der Waals surface area contributed by atoms with Gasteiger partial charge in [0.15, 0.2) is 0 Å². The number of hydrogen-bond acceptors (Lipinski definition) is 3. The highest BCUT2D eigenvalue weighted by molar-refractivity contribution is 5.75. The van der Waals surface area contributed by atoms with E-state index in [1.54, 1.807) is 12.4 Å². The molecule has 1 aromatic rings. The molecule has 64 valence electrons. The van der Waals surface area contributed by atoms with Crippen molar-refractivity contribution in [1.29, 1.82) is 0 Å². The van der Waals surface area contributed by atoms with Crippen LogP contribution in [-0.4, -0.2) is 17.4 Å². The minimum Gasteiger partial charge on any atom is -0.369 e. The molecular weight excluding hydrogens is 154 g/mol. The van der Waals surface area contributed by atoms with Crippen LogP contribution in [0.15, 0.2) is 24.5 Å². The molecular formula is C8H11N3O. The molecule has 1 amide bonds. The van der Waals surface area contributed by atoms with Gasteiger partial charge in [-0.05, 0) is 11.6 Å². The van der Waals surface area contributed by atoms with Crippen molar-refractivity contribution in [2.75, 3.05) is 6.54 Å². The molecule has 0 unspecified atom stereocenters. The molecule has 1 heterocycles. The first-order valence-corrected chi connectivity index (χ1v) is 3.67. The Balaban J connectivity index is 2.29. The highest BCUT2D eigenvalue weighted by Crippen LogP contribution is 1.93. The normalized spacial score (nSPS) is 9.67. The standard InChI is InChI=1S/C8H11N3O/c9-8(12)6-11-5-7-2-1-3-10-4-7/h1-4,11H,5-6H2,(H2,9,12). The number of amides is 1. The maximum atomic E-state index is 10.3. The maximum absolute atomic E-state index is 10.3. The third-order valence-corrected chi connectivity index (χ3v) is 1.35. The van der Waals surface area contributed by atoms with Gasteiger partial charge in [0.25, 0.3) is 0 Å². The molecule has 1 rings (SSSR count). The SMILES string of the molecule is NC(=O)CNCc1cccnc1. The molecule has 0 saturated carbocycles. The monoisotopic (exact) mass is 165 g/mol. The smallest absolute Gasteiger partial charge is 0.231 e. The van der Waals surface area contributed by atoms with Crippen LogP contribution in [0.25, 0.3) is 0 Å². The molecule has 1 aromatic heterocycles. The Kier molecular flexibility index (Phi) is 3.22. The molecule has 0 atom stereocenters. The average molecular weight is 165 g/mol. The minimum absolute atomic E-state index is 0.203. The number of carbonyl (C=O) groups excluding carboxylic acids is 1. The summed E-state index contributed by atoms with van der Waals surface area (Å²) in [5.74, 6) is -0.348. The van der Waals surface area contributed by atoms with E-state index in [0.717, 1.165) is 5.56 Å². The molecule has 3 N–H and O–H groups in total. The molecule has 0 aliphatic heterocycles. The molecule has 0 aliphatic rings. The second-order valence-corrected chi connectivity index (χ2v) is 2.43. The summed E-state index contributed by atoms with van der Waals surface area (Å²) in [6.07, 6.45) is 3.45. The summed E-state index contributed by atoms with van der Waals surface area (Å²) in [6.45, 7) is 0.825. The van der Waals surface area contributed by atoms with Crippen molar-refractivity contribution in [3.8, 4) is 0 Å². The fourth-order valence-corrected chi connectivity index (χ4v) is 0.833. The van der Waals surface area contributed by atoms with Crippen molar-refractivity contribution in [3.63, 3.8) is 0 Å². The van der Waals surface area contributed by atoms with Crippen LogP contribution in [0.4, 0.5) is 0 Å². The van der Waals surface area contributed by atoms with Gasteiger partial charge >= 0.3 is 0 Å². The number of nitrogens with zero attached hydrogens (tertiary/aromatic N) is 1. The topological polar surface area (TPSA) is 68.0 Å². The minimum atomic E-state index is -0.348. The molecule has 0 saturated heterocycles. The van der Waals surface area contributed by atoms with Crippen molar-refractivity contribution < 1.29 is 4.79 Å². The Morgan fingerprint density at radius 2 is 2.50 bits per heavy atom. The quantitative estimate of drug-likeness (QED) is 0.641. The number of rotatable bonds is 4. The van der Waals surface area contributed by atoms with Crippen LogP contribution in [0.1, 0.15) is 5.56 Å². The lowest BCUT2D eigenvalue weighted by atomic mass is 10.3. The van der Waals surface area contributed by atoms with E-state index in [9.17, 15) is 4.79 Å². The molecule has 0 fully saturated rings. The number of hydrogen-bond donors (Lipinski definition) is 2. The van der Waals surface area contributed by atoms with E-state index >= 15 is 0 Å². The van der Waals surface area contributed by atoms with Crippen LogP contribution in [0.3, 0.4) is 0 Å². The highest BCUT2D eigenvalue weighted by atomic mass is 16.1. The second kappa shape index (κ2) is 4.46. The highest BCUT2D eigenvalue weighted by Gasteiger charge is 1.93. The Hall–Kier alpha value is -1.42. The van der Waals surface area contributed by atoms with Crippen molar-refractivity contribution in [1.82, 2.24) is 10.3 Å². The summed E-state index contributed by atoms with van der Waals surface area (Å²) in [5, 5.41) is 2.89. The number of nitrogens with two attached hydrogens (primary N) is 1. The zero-order valence-corrected chi connectivity index (χ0v) is 6.66. The summed E-state index contributed by atoms with van der Waals surface area (Å²) < 4.78 is 0. The zero-order valence-electron chi connectivity index (χ0n) is 6.66. The van der Waals surface area contributed by atoms with E-state index in [1.165, 1.54) is 0 Å². The average Bonchev–Trinajstić information content (AvgIpc) is 2.05. The summed E-state index contributed by atoms with van der Waals surface area (Å²) in [6, 6.07) is 3.78. The predicted molar refractivity (Wildman–Crippen MR) is 45.1 cm³/mol. The summed E-state index contributed by atoms with van der Waals surface area (Å²) in [4.78, 5) is 14.3. The lowest BCUT2D eigenvalue weighted by Crippen LogP contribution is -2.28. The van der Waals surface area contributed by atoms with Gasteiger partial charge in [-0.2, -0.15) is 0 Å². The predicted octanol–water partition coefficient (Wildman–Crippen LogP) is -0.344. The molecule has 0 aliphatic carbocycles. The van der Waals surface area contributed by atoms with Gasteiger partial charge in [-0.3, -0.25) is 9.78 Å². The summed E-state index contributed by atoms with van der Waals surface area (Å²) in [5.41, 5.74) is 5.98. The van der Waals surface area contributed by atoms with E-state index in [0.29, 0.717) is 6.54 Å².